The van der Waals surface area contributed by atoms with Gasteiger partial charge < -0.3 is 19.9 Å². The zero-order valence-electron chi connectivity index (χ0n) is 14.7. The number of benzene rings is 1. The van der Waals surface area contributed by atoms with Crippen LogP contribution in [0.3, 0.4) is 0 Å². The average molecular weight is 351 g/mol. The smallest absolute Gasteiger partial charge is 0.156 e. The number of anilines is 1. The number of rotatable bonds is 5. The molecular weight excluding hydrogens is 330 g/mol. The summed E-state index contributed by atoms with van der Waals surface area (Å²) in [7, 11) is 1.65. The predicted octanol–water partition coefficient (Wildman–Crippen LogP) is 2.44. The zero-order chi connectivity index (χ0) is 17.8. The highest BCUT2D eigenvalue weighted by molar-refractivity contribution is 5.66. The number of hydrogen-bond donors (Lipinski definition) is 2. The van der Waals surface area contributed by atoms with Crippen molar-refractivity contribution in [3.05, 3.63) is 53.7 Å². The quantitative estimate of drug-likeness (QED) is 0.730. The summed E-state index contributed by atoms with van der Waals surface area (Å²) in [5.41, 5.74) is 3.96. The molecule has 2 N–H and O–H groups in total. The summed E-state index contributed by atoms with van der Waals surface area (Å²) in [4.78, 5) is 8.83. The van der Waals surface area contributed by atoms with E-state index in [2.05, 4.69) is 25.8 Å². The maximum atomic E-state index is 5.49. The molecule has 0 saturated heterocycles. The molecule has 1 aromatic carbocycles. The third-order valence-corrected chi connectivity index (χ3v) is 4.50. The van der Waals surface area contributed by atoms with Gasteiger partial charge >= 0.3 is 0 Å². The molecule has 1 aliphatic rings. The Labute approximate surface area is 151 Å². The van der Waals surface area contributed by atoms with Crippen molar-refractivity contribution < 1.29 is 9.26 Å². The van der Waals surface area contributed by atoms with Crippen molar-refractivity contribution in [2.24, 2.45) is 0 Å². The Morgan fingerprint density at radius 1 is 1.19 bits per heavy atom. The minimum Gasteiger partial charge on any atom is -0.496 e. The van der Waals surface area contributed by atoms with Crippen molar-refractivity contribution in [1.82, 2.24) is 20.4 Å². The molecule has 0 amide bonds. The minimum atomic E-state index is 0.513. The Morgan fingerprint density at radius 3 is 3.00 bits per heavy atom. The van der Waals surface area contributed by atoms with Gasteiger partial charge in [-0.1, -0.05) is 17.3 Å². The van der Waals surface area contributed by atoms with Crippen molar-refractivity contribution in [1.29, 1.82) is 0 Å². The van der Waals surface area contributed by atoms with Gasteiger partial charge in [-0.15, -0.1) is 0 Å². The van der Waals surface area contributed by atoms with Crippen molar-refractivity contribution in [2.75, 3.05) is 25.5 Å². The molecule has 7 heteroatoms. The van der Waals surface area contributed by atoms with E-state index in [1.54, 1.807) is 13.4 Å². The van der Waals surface area contributed by atoms with E-state index in [1.165, 1.54) is 5.56 Å². The summed E-state index contributed by atoms with van der Waals surface area (Å²) < 4.78 is 10.9. The van der Waals surface area contributed by atoms with Crippen LogP contribution in [0.1, 0.15) is 17.0 Å². The first kappa shape index (κ1) is 16.5. The standard InChI is InChI=1S/C19H21N5O2/c1-25-18-5-3-2-4-14(18)17-10-13(26-24-17)11-21-19-15-6-8-20-9-7-16(15)22-12-23-19/h2-5,10,12,20H,6-9,11H2,1H3,(H,21,22,23). The van der Waals surface area contributed by atoms with E-state index in [9.17, 15) is 0 Å². The van der Waals surface area contributed by atoms with E-state index in [-0.39, 0.29) is 0 Å². The van der Waals surface area contributed by atoms with Crippen LogP contribution in [0.25, 0.3) is 11.3 Å². The highest BCUT2D eigenvalue weighted by atomic mass is 16.5. The maximum Gasteiger partial charge on any atom is 0.156 e. The second-order valence-electron chi connectivity index (χ2n) is 6.13. The molecule has 7 nitrogen and oxygen atoms in total. The lowest BCUT2D eigenvalue weighted by Gasteiger charge is -2.10. The molecule has 134 valence electrons. The van der Waals surface area contributed by atoms with Crippen LogP contribution < -0.4 is 15.4 Å². The number of para-hydroxylation sites is 1. The van der Waals surface area contributed by atoms with E-state index < -0.39 is 0 Å². The number of methoxy groups -OCH3 is 1. The van der Waals surface area contributed by atoms with Crippen LogP contribution >= 0.6 is 0 Å². The van der Waals surface area contributed by atoms with Gasteiger partial charge in [-0.2, -0.15) is 0 Å². The van der Waals surface area contributed by atoms with Crippen molar-refractivity contribution in [3.8, 4) is 17.0 Å². The summed E-state index contributed by atoms with van der Waals surface area (Å²) >= 11 is 0. The van der Waals surface area contributed by atoms with Crippen molar-refractivity contribution in [3.63, 3.8) is 0 Å². The zero-order valence-corrected chi connectivity index (χ0v) is 14.7. The fourth-order valence-electron chi connectivity index (χ4n) is 3.17. The fourth-order valence-corrected chi connectivity index (χ4v) is 3.17. The fraction of sp³-hybridized carbons (Fsp3) is 0.316. The molecule has 0 radical (unpaired) electrons. The van der Waals surface area contributed by atoms with Crippen LogP contribution in [0, 0.1) is 0 Å². The molecule has 1 aliphatic heterocycles. The van der Waals surface area contributed by atoms with Gasteiger partial charge in [0.15, 0.2) is 5.76 Å². The van der Waals surface area contributed by atoms with E-state index in [4.69, 9.17) is 9.26 Å². The molecule has 0 bridgehead atoms. The molecule has 2 aromatic heterocycles. The van der Waals surface area contributed by atoms with Crippen LogP contribution in [0.15, 0.2) is 41.2 Å². The van der Waals surface area contributed by atoms with E-state index in [0.29, 0.717) is 6.54 Å². The molecule has 4 rings (SSSR count). The molecule has 0 aliphatic carbocycles. The van der Waals surface area contributed by atoms with Crippen molar-refractivity contribution >= 4 is 5.82 Å². The first-order valence-electron chi connectivity index (χ1n) is 8.71. The van der Waals surface area contributed by atoms with Gasteiger partial charge in [0.2, 0.25) is 0 Å². The van der Waals surface area contributed by atoms with Crippen LogP contribution in [-0.4, -0.2) is 35.3 Å². The number of fused-ring (bicyclic) bond motifs is 1. The maximum absolute atomic E-state index is 5.49. The molecule has 3 aromatic rings. The van der Waals surface area contributed by atoms with Gasteiger partial charge in [0.1, 0.15) is 23.6 Å². The van der Waals surface area contributed by atoms with Gasteiger partial charge in [0.05, 0.1) is 19.3 Å². The SMILES string of the molecule is COc1ccccc1-c1cc(CNc2ncnc3c2CCNCC3)on1. The predicted molar refractivity (Wildman–Crippen MR) is 98.1 cm³/mol. The Morgan fingerprint density at radius 2 is 2.08 bits per heavy atom. The summed E-state index contributed by atoms with van der Waals surface area (Å²) in [6.07, 6.45) is 3.46. The first-order valence-corrected chi connectivity index (χ1v) is 8.71. The lowest BCUT2D eigenvalue weighted by molar-refractivity contribution is 0.388. The molecule has 0 saturated carbocycles. The number of nitrogens with one attached hydrogen (secondary N) is 2. The molecule has 3 heterocycles. The molecule has 0 fully saturated rings. The molecule has 0 atom stereocenters. The number of aromatic nitrogens is 3. The average Bonchev–Trinajstić information content (AvgIpc) is 3.02. The van der Waals surface area contributed by atoms with Crippen LogP contribution in [-0.2, 0) is 19.4 Å². The molecule has 0 spiro atoms. The second-order valence-corrected chi connectivity index (χ2v) is 6.13. The lowest BCUT2D eigenvalue weighted by atomic mass is 10.1. The van der Waals surface area contributed by atoms with Crippen LogP contribution in [0.4, 0.5) is 5.82 Å². The Bertz CT molecular complexity index is 893. The number of ether oxygens (including phenoxy) is 1. The lowest BCUT2D eigenvalue weighted by Crippen LogP contribution is -2.16. The van der Waals surface area contributed by atoms with Crippen LogP contribution in [0.5, 0.6) is 5.75 Å². The van der Waals surface area contributed by atoms with Gasteiger partial charge in [0.25, 0.3) is 0 Å². The minimum absolute atomic E-state index is 0.513. The summed E-state index contributed by atoms with van der Waals surface area (Å²) in [5, 5.41) is 10.9. The van der Waals surface area contributed by atoms with E-state index >= 15 is 0 Å². The van der Waals surface area contributed by atoms with Crippen LogP contribution in [0.2, 0.25) is 0 Å². The van der Waals surface area contributed by atoms with Gasteiger partial charge in [-0.25, -0.2) is 9.97 Å². The molecule has 26 heavy (non-hydrogen) atoms. The Kier molecular flexibility index (Phi) is 4.79. The van der Waals surface area contributed by atoms with Gasteiger partial charge in [-0.05, 0) is 25.1 Å². The Balaban J connectivity index is 1.51. The normalized spacial score (nSPS) is 13.7. The third-order valence-electron chi connectivity index (χ3n) is 4.50. The second kappa shape index (κ2) is 7.53. The first-order chi connectivity index (χ1) is 12.8. The Hall–Kier alpha value is -2.93. The highest BCUT2D eigenvalue weighted by Crippen LogP contribution is 2.29. The summed E-state index contributed by atoms with van der Waals surface area (Å²) in [5.74, 6) is 2.38. The number of hydrogen-bond acceptors (Lipinski definition) is 7. The van der Waals surface area contributed by atoms with Gasteiger partial charge in [-0.3, -0.25) is 0 Å². The summed E-state index contributed by atoms with van der Waals surface area (Å²) in [6, 6.07) is 9.68. The highest BCUT2D eigenvalue weighted by Gasteiger charge is 2.15. The molecular formula is C19H21N5O2. The van der Waals surface area contributed by atoms with E-state index in [1.807, 2.05) is 30.3 Å². The topological polar surface area (TPSA) is 85.1 Å². The summed E-state index contributed by atoms with van der Waals surface area (Å²) in [6.45, 7) is 2.40. The monoisotopic (exact) mass is 351 g/mol. The van der Waals surface area contributed by atoms with Crippen molar-refractivity contribution in [2.45, 2.75) is 19.4 Å². The van der Waals surface area contributed by atoms with Gasteiger partial charge in [0, 0.05) is 30.2 Å². The largest absolute Gasteiger partial charge is 0.496 e. The van der Waals surface area contributed by atoms with E-state index in [0.717, 1.165) is 60.2 Å². The number of nitrogens with zero attached hydrogens (tertiary/aromatic N) is 3. The third kappa shape index (κ3) is 3.39. The molecule has 0 unspecified atom stereocenters.